The summed E-state index contributed by atoms with van der Waals surface area (Å²) in [5, 5.41) is 7.80. The molecular formula is C31H23N7O2. The first-order valence-electron chi connectivity index (χ1n) is 12.6. The highest BCUT2D eigenvalue weighted by molar-refractivity contribution is 6.01. The number of nitrogens with one attached hydrogen (secondary N) is 1. The third kappa shape index (κ3) is 4.48. The van der Waals surface area contributed by atoms with Gasteiger partial charge in [-0.3, -0.25) is 19.1 Å². The summed E-state index contributed by atoms with van der Waals surface area (Å²) in [6.07, 6.45) is 6.69. The summed E-state index contributed by atoms with van der Waals surface area (Å²) < 4.78 is 3.10. The van der Waals surface area contributed by atoms with Crippen molar-refractivity contribution in [3.63, 3.8) is 0 Å². The van der Waals surface area contributed by atoms with Gasteiger partial charge in [-0.25, -0.2) is 14.5 Å². The lowest BCUT2D eigenvalue weighted by molar-refractivity contribution is 0.0938. The molecule has 0 spiro atoms. The molecule has 0 radical (unpaired) electrons. The fourth-order valence-electron chi connectivity index (χ4n) is 4.64. The van der Waals surface area contributed by atoms with Crippen LogP contribution in [0.15, 0.2) is 96.3 Å². The molecule has 9 nitrogen and oxygen atoms in total. The number of fused-ring (bicyclic) bond motifs is 2. The van der Waals surface area contributed by atoms with Crippen LogP contribution in [0.25, 0.3) is 22.2 Å². The van der Waals surface area contributed by atoms with Crippen molar-refractivity contribution in [1.29, 1.82) is 0 Å². The second-order valence-corrected chi connectivity index (χ2v) is 9.18. The Kier molecular flexibility index (Phi) is 6.34. The van der Waals surface area contributed by atoms with Crippen molar-refractivity contribution in [2.45, 2.75) is 19.9 Å². The Bertz CT molecular complexity index is 2000. The van der Waals surface area contributed by atoms with Crippen LogP contribution in [-0.4, -0.2) is 35.0 Å². The molecule has 6 aromatic rings. The van der Waals surface area contributed by atoms with Gasteiger partial charge in [0.25, 0.3) is 11.5 Å². The summed E-state index contributed by atoms with van der Waals surface area (Å²) in [6.45, 7) is 3.56. The van der Waals surface area contributed by atoms with E-state index in [9.17, 15) is 9.59 Å². The molecule has 1 N–H and O–H groups in total. The standard InChI is InChI=1S/C31H23N7O2/c1-20-26(29-33-16-7-19-37(29)36-20)30(39)34-21(2)28-35-25-11-6-8-23(13-12-22-14-17-32-18-15-22)27(25)31(40)38(28)24-9-4-3-5-10-24/h3-11,14-19,21H,1-2H3,(H,34,39)/t21-/m0/s1. The van der Waals surface area contributed by atoms with Gasteiger partial charge in [-0.05, 0) is 56.3 Å². The Morgan fingerprint density at radius 2 is 1.75 bits per heavy atom. The van der Waals surface area contributed by atoms with E-state index in [0.717, 1.165) is 5.56 Å². The zero-order valence-corrected chi connectivity index (χ0v) is 21.7. The third-order valence-electron chi connectivity index (χ3n) is 6.49. The zero-order valence-electron chi connectivity index (χ0n) is 21.7. The van der Waals surface area contributed by atoms with Crippen LogP contribution in [0.1, 0.15) is 46.0 Å². The molecule has 0 unspecified atom stereocenters. The number of benzene rings is 2. The number of pyridine rings is 1. The molecule has 0 aliphatic heterocycles. The summed E-state index contributed by atoms with van der Waals surface area (Å²) in [6, 6.07) is 19.4. The Labute approximate surface area is 229 Å². The van der Waals surface area contributed by atoms with Crippen molar-refractivity contribution in [2.75, 3.05) is 0 Å². The van der Waals surface area contributed by atoms with Crippen molar-refractivity contribution < 1.29 is 4.79 Å². The van der Waals surface area contributed by atoms with Crippen LogP contribution in [0.4, 0.5) is 0 Å². The maximum Gasteiger partial charge on any atom is 0.267 e. The molecule has 6 rings (SSSR count). The van der Waals surface area contributed by atoms with Crippen LogP contribution >= 0.6 is 0 Å². The molecule has 0 aliphatic rings. The number of nitrogens with zero attached hydrogens (tertiary/aromatic N) is 6. The lowest BCUT2D eigenvalue weighted by atomic mass is 10.1. The fraction of sp³-hybridized carbons (Fsp3) is 0.0968. The average molecular weight is 526 g/mol. The van der Waals surface area contributed by atoms with Gasteiger partial charge in [0, 0.05) is 35.9 Å². The molecule has 9 heteroatoms. The molecule has 0 fully saturated rings. The molecule has 1 amide bonds. The number of para-hydroxylation sites is 1. The first-order chi connectivity index (χ1) is 19.5. The minimum atomic E-state index is -0.630. The molecular weight excluding hydrogens is 502 g/mol. The predicted molar refractivity (Wildman–Crippen MR) is 151 cm³/mol. The van der Waals surface area contributed by atoms with Crippen molar-refractivity contribution in [2.24, 2.45) is 0 Å². The molecule has 4 aromatic heterocycles. The van der Waals surface area contributed by atoms with E-state index in [1.165, 1.54) is 4.57 Å². The molecule has 1 atom stereocenters. The topological polar surface area (TPSA) is 107 Å². The van der Waals surface area contributed by atoms with Gasteiger partial charge in [-0.15, -0.1) is 0 Å². The SMILES string of the molecule is Cc1nn2cccnc2c1C(=O)N[C@@H](C)c1nc2cccc(C#Cc3ccncc3)c2c(=O)n1-c1ccccc1. The number of hydrogen-bond donors (Lipinski definition) is 1. The molecule has 0 saturated heterocycles. The molecule has 2 aromatic carbocycles. The maximum absolute atomic E-state index is 14.1. The largest absolute Gasteiger partial charge is 0.342 e. The van der Waals surface area contributed by atoms with Crippen LogP contribution in [0.5, 0.6) is 0 Å². The monoisotopic (exact) mass is 525 g/mol. The minimum absolute atomic E-state index is 0.277. The number of aryl methyl sites for hydroxylation is 1. The Morgan fingerprint density at radius 1 is 0.950 bits per heavy atom. The highest BCUT2D eigenvalue weighted by Gasteiger charge is 2.24. The second kappa shape index (κ2) is 10.3. The number of amides is 1. The van der Waals surface area contributed by atoms with E-state index in [2.05, 4.69) is 32.2 Å². The molecule has 0 saturated carbocycles. The number of hydrogen-bond acceptors (Lipinski definition) is 6. The third-order valence-corrected chi connectivity index (χ3v) is 6.49. The Morgan fingerprint density at radius 3 is 2.55 bits per heavy atom. The smallest absolute Gasteiger partial charge is 0.267 e. The first-order valence-corrected chi connectivity index (χ1v) is 12.6. The first kappa shape index (κ1) is 24.7. The van der Waals surface area contributed by atoms with Gasteiger partial charge in [0.2, 0.25) is 0 Å². The van der Waals surface area contributed by atoms with Crippen LogP contribution < -0.4 is 10.9 Å². The van der Waals surface area contributed by atoms with Crippen molar-refractivity contribution in [1.82, 2.24) is 34.4 Å². The molecule has 40 heavy (non-hydrogen) atoms. The van der Waals surface area contributed by atoms with Gasteiger partial charge < -0.3 is 5.32 Å². The van der Waals surface area contributed by atoms with Crippen molar-refractivity contribution >= 4 is 22.5 Å². The van der Waals surface area contributed by atoms with Gasteiger partial charge in [0.1, 0.15) is 11.4 Å². The van der Waals surface area contributed by atoms with E-state index in [4.69, 9.17) is 4.98 Å². The van der Waals surface area contributed by atoms with Crippen molar-refractivity contribution in [3.8, 4) is 17.5 Å². The van der Waals surface area contributed by atoms with E-state index in [0.29, 0.717) is 44.9 Å². The quantitative estimate of drug-likeness (QED) is 0.349. The molecule has 0 aliphatic carbocycles. The number of carbonyl (C=O) groups excluding carboxylic acids is 1. The van der Waals surface area contributed by atoms with Crippen LogP contribution in [0, 0.1) is 18.8 Å². The highest BCUT2D eigenvalue weighted by atomic mass is 16.2. The molecule has 194 valence electrons. The van der Waals surface area contributed by atoms with E-state index in [1.807, 2.05) is 48.5 Å². The fourth-order valence-corrected chi connectivity index (χ4v) is 4.64. The number of rotatable bonds is 4. The lowest BCUT2D eigenvalue weighted by Gasteiger charge is -2.20. The summed E-state index contributed by atoms with van der Waals surface area (Å²) in [4.78, 5) is 40.8. The summed E-state index contributed by atoms with van der Waals surface area (Å²) in [5.41, 5.74) is 3.56. The minimum Gasteiger partial charge on any atom is -0.342 e. The summed E-state index contributed by atoms with van der Waals surface area (Å²) in [7, 11) is 0. The summed E-state index contributed by atoms with van der Waals surface area (Å²) >= 11 is 0. The van der Waals surface area contributed by atoms with Crippen LogP contribution in [0.3, 0.4) is 0 Å². The number of aromatic nitrogens is 6. The second-order valence-electron chi connectivity index (χ2n) is 9.18. The van der Waals surface area contributed by atoms with E-state index >= 15 is 0 Å². The number of carbonyl (C=O) groups is 1. The Balaban J connectivity index is 1.48. The normalized spacial score (nSPS) is 11.7. The van der Waals surface area contributed by atoms with Gasteiger partial charge in [0.05, 0.1) is 28.3 Å². The van der Waals surface area contributed by atoms with Crippen LogP contribution in [0.2, 0.25) is 0 Å². The predicted octanol–water partition coefficient (Wildman–Crippen LogP) is 4.02. The summed E-state index contributed by atoms with van der Waals surface area (Å²) in [5.74, 6) is 6.26. The molecule has 0 bridgehead atoms. The van der Waals surface area contributed by atoms with Crippen molar-refractivity contribution in [3.05, 3.63) is 130 Å². The average Bonchev–Trinajstić information content (AvgIpc) is 3.32. The van der Waals surface area contributed by atoms with Gasteiger partial charge in [-0.1, -0.05) is 36.1 Å². The molecule has 4 heterocycles. The van der Waals surface area contributed by atoms with E-state index in [-0.39, 0.29) is 11.5 Å². The van der Waals surface area contributed by atoms with Gasteiger partial charge in [-0.2, -0.15) is 5.10 Å². The maximum atomic E-state index is 14.1. The highest BCUT2D eigenvalue weighted by Crippen LogP contribution is 2.21. The Hall–Kier alpha value is -5.62. The van der Waals surface area contributed by atoms with Gasteiger partial charge >= 0.3 is 0 Å². The zero-order chi connectivity index (χ0) is 27.6. The van der Waals surface area contributed by atoms with E-state index < -0.39 is 6.04 Å². The van der Waals surface area contributed by atoms with Gasteiger partial charge in [0.15, 0.2) is 5.65 Å². The van der Waals surface area contributed by atoms with Crippen LogP contribution in [-0.2, 0) is 0 Å². The van der Waals surface area contributed by atoms with E-state index in [1.54, 1.807) is 61.3 Å². The lowest BCUT2D eigenvalue weighted by Crippen LogP contribution is -2.33.